The van der Waals surface area contributed by atoms with Crippen molar-refractivity contribution in [3.63, 3.8) is 0 Å². The van der Waals surface area contributed by atoms with E-state index in [1.54, 1.807) is 25.2 Å². The van der Waals surface area contributed by atoms with Crippen molar-refractivity contribution < 1.29 is 22.3 Å². The number of benzene rings is 2. The lowest BCUT2D eigenvalue weighted by molar-refractivity contribution is -0.135. The molecule has 1 amide bonds. The smallest absolute Gasteiger partial charge is 0.243 e. The van der Waals surface area contributed by atoms with Gasteiger partial charge in [-0.3, -0.25) is 4.79 Å². The van der Waals surface area contributed by atoms with Crippen LogP contribution in [0.4, 0.5) is 4.39 Å². The van der Waals surface area contributed by atoms with Crippen LogP contribution in [-0.2, 0) is 21.4 Å². The van der Waals surface area contributed by atoms with Gasteiger partial charge >= 0.3 is 0 Å². The molecule has 0 aromatic heterocycles. The van der Waals surface area contributed by atoms with E-state index in [4.69, 9.17) is 16.3 Å². The van der Waals surface area contributed by atoms with Crippen molar-refractivity contribution in [1.82, 2.24) is 9.21 Å². The first kappa shape index (κ1) is 22.5. The summed E-state index contributed by atoms with van der Waals surface area (Å²) in [6.45, 7) is 0.530. The molecule has 0 spiro atoms. The molecule has 0 saturated carbocycles. The topological polar surface area (TPSA) is 66.9 Å². The highest BCUT2D eigenvalue weighted by Crippen LogP contribution is 2.30. The van der Waals surface area contributed by atoms with E-state index in [-0.39, 0.29) is 34.7 Å². The molecule has 0 N–H and O–H groups in total. The van der Waals surface area contributed by atoms with Gasteiger partial charge in [0.15, 0.2) is 0 Å². The largest absolute Gasteiger partial charge is 0.495 e. The molecular weight excluding hydrogens is 431 g/mol. The molecule has 1 saturated heterocycles. The van der Waals surface area contributed by atoms with E-state index in [1.807, 2.05) is 0 Å². The summed E-state index contributed by atoms with van der Waals surface area (Å²) in [5.41, 5.74) is 0.418. The van der Waals surface area contributed by atoms with Gasteiger partial charge in [-0.25, -0.2) is 12.8 Å². The highest BCUT2D eigenvalue weighted by molar-refractivity contribution is 7.89. The second kappa shape index (κ2) is 9.32. The molecule has 1 heterocycles. The number of sulfonamides is 1. The maximum atomic E-state index is 13.9. The molecule has 1 aliphatic heterocycles. The summed E-state index contributed by atoms with van der Waals surface area (Å²) in [5, 5.41) is 0.202. The monoisotopic (exact) mass is 454 g/mol. The van der Waals surface area contributed by atoms with Crippen LogP contribution in [0.15, 0.2) is 47.4 Å². The minimum absolute atomic E-state index is 0.0566. The van der Waals surface area contributed by atoms with Gasteiger partial charge in [-0.05, 0) is 37.1 Å². The van der Waals surface area contributed by atoms with Gasteiger partial charge in [0, 0.05) is 32.2 Å². The number of carbonyl (C=O) groups is 1. The Kier molecular flexibility index (Phi) is 7.00. The molecule has 1 fully saturated rings. The number of nitrogens with zero attached hydrogens (tertiary/aromatic N) is 2. The van der Waals surface area contributed by atoms with E-state index in [0.29, 0.717) is 30.7 Å². The molecule has 0 bridgehead atoms. The minimum atomic E-state index is -3.80. The van der Waals surface area contributed by atoms with E-state index in [0.717, 1.165) is 0 Å². The van der Waals surface area contributed by atoms with Crippen LogP contribution in [0, 0.1) is 11.7 Å². The van der Waals surface area contributed by atoms with Gasteiger partial charge in [0.05, 0.1) is 22.9 Å². The van der Waals surface area contributed by atoms with E-state index in [9.17, 15) is 17.6 Å². The van der Waals surface area contributed by atoms with Gasteiger partial charge in [-0.2, -0.15) is 4.31 Å². The van der Waals surface area contributed by atoms with Crippen LogP contribution in [0.1, 0.15) is 18.4 Å². The van der Waals surface area contributed by atoms with Crippen molar-refractivity contribution in [2.24, 2.45) is 5.92 Å². The molecule has 2 aromatic carbocycles. The summed E-state index contributed by atoms with van der Waals surface area (Å²) in [6, 6.07) is 10.6. The standard InChI is InChI=1S/C21H24ClFN2O4S/c1-24(13-15-6-3-4-8-19(15)23)21(26)16-7-5-11-25(14-16)30(27,28)17-9-10-20(29-2)18(22)12-17/h3-4,6,8-10,12,16H,5,7,11,13-14H2,1-2H3/t16-/m1/s1. The number of piperidine rings is 1. The molecule has 1 atom stereocenters. The Bertz CT molecular complexity index is 1030. The summed E-state index contributed by atoms with van der Waals surface area (Å²) in [6.07, 6.45) is 1.14. The molecule has 162 valence electrons. The lowest BCUT2D eigenvalue weighted by Crippen LogP contribution is -2.45. The van der Waals surface area contributed by atoms with Crippen molar-refractivity contribution in [2.75, 3.05) is 27.2 Å². The molecule has 1 aliphatic rings. The third-order valence-corrected chi connectivity index (χ3v) is 7.39. The highest BCUT2D eigenvalue weighted by Gasteiger charge is 2.34. The van der Waals surface area contributed by atoms with E-state index in [2.05, 4.69) is 0 Å². The first-order valence-electron chi connectivity index (χ1n) is 9.56. The zero-order chi connectivity index (χ0) is 21.9. The van der Waals surface area contributed by atoms with Crippen molar-refractivity contribution in [3.8, 4) is 5.75 Å². The number of amides is 1. The van der Waals surface area contributed by atoms with Gasteiger partial charge in [0.2, 0.25) is 15.9 Å². The van der Waals surface area contributed by atoms with Crippen LogP contribution in [0.5, 0.6) is 5.75 Å². The van der Waals surface area contributed by atoms with E-state index >= 15 is 0 Å². The van der Waals surface area contributed by atoms with Crippen LogP contribution < -0.4 is 4.74 Å². The van der Waals surface area contributed by atoms with Crippen LogP contribution >= 0.6 is 11.6 Å². The predicted octanol–water partition coefficient (Wildman–Crippen LogP) is 3.55. The van der Waals surface area contributed by atoms with Crippen molar-refractivity contribution in [1.29, 1.82) is 0 Å². The Morgan fingerprint density at radius 2 is 2.03 bits per heavy atom. The molecule has 0 unspecified atom stereocenters. The van der Waals surface area contributed by atoms with Crippen LogP contribution in [0.3, 0.4) is 0 Å². The quantitative estimate of drug-likeness (QED) is 0.669. The number of halogens is 2. The Morgan fingerprint density at radius 1 is 1.30 bits per heavy atom. The Morgan fingerprint density at radius 3 is 2.70 bits per heavy atom. The predicted molar refractivity (Wildman–Crippen MR) is 112 cm³/mol. The minimum Gasteiger partial charge on any atom is -0.495 e. The lowest BCUT2D eigenvalue weighted by atomic mass is 9.98. The molecule has 0 aliphatic carbocycles. The third-order valence-electron chi connectivity index (χ3n) is 5.24. The van der Waals surface area contributed by atoms with Crippen LogP contribution in [0.2, 0.25) is 5.02 Å². The zero-order valence-corrected chi connectivity index (χ0v) is 18.4. The van der Waals surface area contributed by atoms with Crippen molar-refractivity contribution in [3.05, 3.63) is 58.9 Å². The van der Waals surface area contributed by atoms with Gasteiger partial charge in [-0.1, -0.05) is 29.8 Å². The highest BCUT2D eigenvalue weighted by atomic mass is 35.5. The number of methoxy groups -OCH3 is 1. The number of carbonyl (C=O) groups excluding carboxylic acids is 1. The van der Waals surface area contributed by atoms with E-state index in [1.165, 1.54) is 40.6 Å². The van der Waals surface area contributed by atoms with Gasteiger partial charge < -0.3 is 9.64 Å². The molecule has 9 heteroatoms. The van der Waals surface area contributed by atoms with Gasteiger partial charge in [0.1, 0.15) is 11.6 Å². The Labute approximate surface area is 181 Å². The maximum Gasteiger partial charge on any atom is 0.243 e. The molecule has 30 heavy (non-hydrogen) atoms. The summed E-state index contributed by atoms with van der Waals surface area (Å²) in [4.78, 5) is 14.4. The summed E-state index contributed by atoms with van der Waals surface area (Å²) >= 11 is 6.09. The molecule has 0 radical (unpaired) electrons. The van der Waals surface area contributed by atoms with Crippen LogP contribution in [-0.4, -0.2) is 50.8 Å². The number of hydrogen-bond acceptors (Lipinski definition) is 4. The first-order chi connectivity index (χ1) is 14.2. The average molecular weight is 455 g/mol. The van der Waals surface area contributed by atoms with Crippen molar-refractivity contribution >= 4 is 27.5 Å². The van der Waals surface area contributed by atoms with Gasteiger partial charge in [0.25, 0.3) is 0 Å². The fourth-order valence-electron chi connectivity index (χ4n) is 3.59. The summed E-state index contributed by atoms with van der Waals surface area (Å²) in [7, 11) is -0.750. The summed E-state index contributed by atoms with van der Waals surface area (Å²) in [5.74, 6) is -0.677. The third kappa shape index (κ3) is 4.77. The van der Waals surface area contributed by atoms with Gasteiger partial charge in [-0.15, -0.1) is 0 Å². The Hall–Kier alpha value is -2.16. The zero-order valence-electron chi connectivity index (χ0n) is 16.8. The molecule has 2 aromatic rings. The number of hydrogen-bond donors (Lipinski definition) is 0. The number of ether oxygens (including phenoxy) is 1. The summed E-state index contributed by atoms with van der Waals surface area (Å²) < 4.78 is 46.4. The van der Waals surface area contributed by atoms with E-state index < -0.39 is 15.9 Å². The van der Waals surface area contributed by atoms with Crippen LogP contribution in [0.25, 0.3) is 0 Å². The Balaban J connectivity index is 1.73. The lowest BCUT2D eigenvalue weighted by Gasteiger charge is -2.33. The second-order valence-corrected chi connectivity index (χ2v) is 9.63. The normalized spacial score (nSPS) is 17.5. The fourth-order valence-corrected chi connectivity index (χ4v) is 5.46. The molecule has 3 rings (SSSR count). The number of rotatable bonds is 6. The maximum absolute atomic E-state index is 13.9. The average Bonchev–Trinajstić information content (AvgIpc) is 2.74. The molecule has 6 nitrogen and oxygen atoms in total. The fraction of sp³-hybridized carbons (Fsp3) is 0.381. The SMILES string of the molecule is COc1ccc(S(=O)(=O)N2CCC[C@@H](C(=O)N(C)Cc3ccccc3F)C2)cc1Cl. The molecular formula is C21H24ClFN2O4S. The first-order valence-corrected chi connectivity index (χ1v) is 11.4. The second-order valence-electron chi connectivity index (χ2n) is 7.28. The van der Waals surface area contributed by atoms with Crippen molar-refractivity contribution in [2.45, 2.75) is 24.3 Å².